The first-order valence-electron chi connectivity index (χ1n) is 5.32. The summed E-state index contributed by atoms with van der Waals surface area (Å²) in [5.74, 6) is 2.03. The van der Waals surface area contributed by atoms with Crippen LogP contribution >= 0.6 is 11.6 Å². The molecule has 2 aliphatic rings. The van der Waals surface area contributed by atoms with E-state index < -0.39 is 0 Å². The molecule has 1 unspecified atom stereocenters. The van der Waals surface area contributed by atoms with Crippen LogP contribution in [0.25, 0.3) is 0 Å². The number of halogens is 1. The Kier molecular flexibility index (Phi) is 2.29. The van der Waals surface area contributed by atoms with Crippen LogP contribution in [0.3, 0.4) is 0 Å². The Morgan fingerprint density at radius 2 is 2.13 bits per heavy atom. The van der Waals surface area contributed by atoms with Crippen LogP contribution in [0.15, 0.2) is 18.3 Å². The molecule has 0 amide bonds. The minimum atomic E-state index is 0.361. The van der Waals surface area contributed by atoms with Gasteiger partial charge in [0.05, 0.1) is 5.02 Å². The van der Waals surface area contributed by atoms with Crippen LogP contribution in [0.5, 0.6) is 5.88 Å². The fraction of sp³-hybridized carbons (Fsp3) is 0.545. The number of pyridine rings is 1. The lowest BCUT2D eigenvalue weighted by Gasteiger charge is -2.48. The van der Waals surface area contributed by atoms with Gasteiger partial charge in [-0.05, 0) is 12.5 Å². The largest absolute Gasteiger partial charge is 0.474 e. The van der Waals surface area contributed by atoms with Gasteiger partial charge in [0.1, 0.15) is 6.10 Å². The number of rotatable bonds is 2. The van der Waals surface area contributed by atoms with E-state index in [0.29, 0.717) is 28.8 Å². The monoisotopic (exact) mass is 224 g/mol. The molecule has 3 nitrogen and oxygen atoms in total. The van der Waals surface area contributed by atoms with Gasteiger partial charge >= 0.3 is 0 Å². The molecule has 0 radical (unpaired) electrons. The summed E-state index contributed by atoms with van der Waals surface area (Å²) in [4.78, 5) is 4.15. The van der Waals surface area contributed by atoms with E-state index >= 15 is 0 Å². The van der Waals surface area contributed by atoms with Crippen molar-refractivity contribution in [3.05, 3.63) is 23.4 Å². The maximum Gasteiger partial charge on any atom is 0.213 e. The van der Waals surface area contributed by atoms with Crippen LogP contribution in [0.1, 0.15) is 6.42 Å². The van der Waals surface area contributed by atoms with E-state index in [4.69, 9.17) is 16.3 Å². The van der Waals surface area contributed by atoms with Gasteiger partial charge in [0.25, 0.3) is 0 Å². The van der Waals surface area contributed by atoms with E-state index in [1.165, 1.54) is 6.42 Å². The molecule has 2 heterocycles. The van der Waals surface area contributed by atoms with Gasteiger partial charge in [0.15, 0.2) is 0 Å². The van der Waals surface area contributed by atoms with Gasteiger partial charge < -0.3 is 10.1 Å². The number of ether oxygens (including phenoxy) is 1. The van der Waals surface area contributed by atoms with Crippen molar-refractivity contribution in [1.82, 2.24) is 10.3 Å². The van der Waals surface area contributed by atoms with Gasteiger partial charge in [0, 0.05) is 37.2 Å². The number of fused-ring (bicyclic) bond motifs is 2. The van der Waals surface area contributed by atoms with E-state index in [0.717, 1.165) is 13.1 Å². The SMILES string of the molecule is Clc1ccc(OC2[C@@H]3CNC[C@H]2C3)nc1. The quantitative estimate of drug-likeness (QED) is 0.831. The number of hydrogen-bond donors (Lipinski definition) is 1. The van der Waals surface area contributed by atoms with Crippen molar-refractivity contribution < 1.29 is 4.74 Å². The van der Waals surface area contributed by atoms with Crippen molar-refractivity contribution >= 4 is 11.6 Å². The fourth-order valence-corrected chi connectivity index (χ4v) is 2.57. The zero-order valence-electron chi connectivity index (χ0n) is 8.32. The van der Waals surface area contributed by atoms with Gasteiger partial charge in [-0.2, -0.15) is 0 Å². The van der Waals surface area contributed by atoms with Crippen molar-refractivity contribution in [3.8, 4) is 5.88 Å². The third-order valence-corrected chi connectivity index (χ3v) is 3.53. The second-order valence-electron chi connectivity index (χ2n) is 4.31. The van der Waals surface area contributed by atoms with Gasteiger partial charge in [0.2, 0.25) is 5.88 Å². The van der Waals surface area contributed by atoms with Crippen molar-refractivity contribution in [2.45, 2.75) is 12.5 Å². The Morgan fingerprint density at radius 3 is 2.73 bits per heavy atom. The van der Waals surface area contributed by atoms with Gasteiger partial charge in [-0.3, -0.25) is 0 Å². The molecule has 1 aliphatic heterocycles. The van der Waals surface area contributed by atoms with Crippen molar-refractivity contribution in [3.63, 3.8) is 0 Å². The molecule has 3 atom stereocenters. The smallest absolute Gasteiger partial charge is 0.213 e. The van der Waals surface area contributed by atoms with Gasteiger partial charge in [-0.15, -0.1) is 0 Å². The van der Waals surface area contributed by atoms with Crippen LogP contribution in [0, 0.1) is 11.8 Å². The number of piperidine rings is 2. The third-order valence-electron chi connectivity index (χ3n) is 3.30. The minimum absolute atomic E-state index is 0.361. The molecule has 4 heteroatoms. The second-order valence-corrected chi connectivity index (χ2v) is 4.75. The first-order valence-corrected chi connectivity index (χ1v) is 5.69. The molecule has 2 bridgehead atoms. The number of hydrogen-bond acceptors (Lipinski definition) is 3. The Bertz CT molecular complexity index is 340. The first kappa shape index (κ1) is 9.43. The number of aromatic nitrogens is 1. The third kappa shape index (κ3) is 1.70. The molecule has 1 saturated carbocycles. The van der Waals surface area contributed by atoms with Crippen LogP contribution < -0.4 is 10.1 Å². The van der Waals surface area contributed by atoms with E-state index in [9.17, 15) is 0 Å². The van der Waals surface area contributed by atoms with Crippen molar-refractivity contribution in [1.29, 1.82) is 0 Å². The van der Waals surface area contributed by atoms with Gasteiger partial charge in [-0.25, -0.2) is 4.98 Å². The molecule has 0 aromatic carbocycles. The summed E-state index contributed by atoms with van der Waals surface area (Å²) < 4.78 is 5.86. The molecule has 1 aliphatic carbocycles. The summed E-state index contributed by atoms with van der Waals surface area (Å²) in [6.45, 7) is 2.16. The van der Waals surface area contributed by atoms with Crippen molar-refractivity contribution in [2.24, 2.45) is 11.8 Å². The van der Waals surface area contributed by atoms with Crippen LogP contribution in [-0.4, -0.2) is 24.2 Å². The average molecular weight is 225 g/mol. The average Bonchev–Trinajstić information content (AvgIpc) is 2.29. The lowest BCUT2D eigenvalue weighted by molar-refractivity contribution is -0.0470. The maximum absolute atomic E-state index is 5.86. The Labute approximate surface area is 93.8 Å². The highest BCUT2D eigenvalue weighted by atomic mass is 35.5. The predicted molar refractivity (Wildman–Crippen MR) is 58.1 cm³/mol. The lowest BCUT2D eigenvalue weighted by Crippen LogP contribution is -2.59. The predicted octanol–water partition coefficient (Wildman–Crippen LogP) is 1.72. The van der Waals surface area contributed by atoms with Crippen molar-refractivity contribution in [2.75, 3.05) is 13.1 Å². The molecule has 1 aromatic heterocycles. The topological polar surface area (TPSA) is 34.1 Å². The molecule has 3 rings (SSSR count). The van der Waals surface area contributed by atoms with E-state index in [2.05, 4.69) is 10.3 Å². The molecule has 1 aromatic rings. The maximum atomic E-state index is 5.86. The summed E-state index contributed by atoms with van der Waals surface area (Å²) in [5, 5.41) is 4.04. The normalized spacial score (nSPS) is 33.3. The molecule has 2 fully saturated rings. The Morgan fingerprint density at radius 1 is 1.33 bits per heavy atom. The van der Waals surface area contributed by atoms with E-state index in [1.807, 2.05) is 12.1 Å². The van der Waals surface area contributed by atoms with Crippen LogP contribution in [0.4, 0.5) is 0 Å². The summed E-state index contributed by atoms with van der Waals surface area (Å²) in [5.41, 5.74) is 0. The van der Waals surface area contributed by atoms with E-state index in [1.54, 1.807) is 6.20 Å². The molecule has 1 N–H and O–H groups in total. The van der Waals surface area contributed by atoms with Gasteiger partial charge in [-0.1, -0.05) is 11.6 Å². The van der Waals surface area contributed by atoms with E-state index in [-0.39, 0.29) is 0 Å². The molecule has 15 heavy (non-hydrogen) atoms. The standard InChI is InChI=1S/C11H13ClN2O/c12-9-1-2-10(14-6-9)15-11-7-3-8(11)5-13-4-7/h1-2,6-8,11,13H,3-5H2/t7-,8+,11?. The Hall–Kier alpha value is -0.800. The minimum Gasteiger partial charge on any atom is -0.474 e. The Balaban J connectivity index is 1.68. The van der Waals surface area contributed by atoms with Crippen LogP contribution in [0.2, 0.25) is 5.02 Å². The lowest BCUT2D eigenvalue weighted by atomic mass is 9.69. The van der Waals surface area contributed by atoms with Crippen LogP contribution in [-0.2, 0) is 0 Å². The highest BCUT2D eigenvalue weighted by molar-refractivity contribution is 6.30. The molecule has 0 spiro atoms. The molecule has 80 valence electrons. The summed E-state index contributed by atoms with van der Waals surface area (Å²) >= 11 is 5.76. The summed E-state index contributed by atoms with van der Waals surface area (Å²) in [6.07, 6.45) is 3.29. The zero-order valence-corrected chi connectivity index (χ0v) is 9.07. The molecular weight excluding hydrogens is 212 g/mol. The first-order chi connectivity index (χ1) is 7.33. The summed E-state index contributed by atoms with van der Waals surface area (Å²) in [6, 6.07) is 3.65. The zero-order chi connectivity index (χ0) is 10.3. The molecule has 1 saturated heterocycles. The second kappa shape index (κ2) is 3.65. The molecular formula is C11H13ClN2O. The fourth-order valence-electron chi connectivity index (χ4n) is 2.46. The number of nitrogens with zero attached hydrogens (tertiary/aromatic N) is 1. The summed E-state index contributed by atoms with van der Waals surface area (Å²) in [7, 11) is 0. The number of nitrogens with one attached hydrogen (secondary N) is 1. The highest BCUT2D eigenvalue weighted by Gasteiger charge is 2.45. The highest BCUT2D eigenvalue weighted by Crippen LogP contribution is 2.39.